The molecule has 0 heterocycles. The van der Waals surface area contributed by atoms with Gasteiger partial charge in [0.05, 0.1) is 0 Å². The van der Waals surface area contributed by atoms with Gasteiger partial charge in [-0.25, -0.2) is 0 Å². The summed E-state index contributed by atoms with van der Waals surface area (Å²) < 4.78 is 0.823. The summed E-state index contributed by atoms with van der Waals surface area (Å²) in [4.78, 5) is 0. The second-order valence-electron chi connectivity index (χ2n) is 4.92. The molecule has 3 rings (SSSR count). The van der Waals surface area contributed by atoms with E-state index in [2.05, 4.69) is 12.1 Å². The predicted octanol–water partition coefficient (Wildman–Crippen LogP) is 5.27. The minimum absolute atomic E-state index is 0.514. The third kappa shape index (κ3) is 3.35. The molecule has 0 saturated carbocycles. The van der Waals surface area contributed by atoms with E-state index in [0.717, 1.165) is 21.4 Å². The number of hydrogen-bond acceptors (Lipinski definition) is 1. The first-order valence-electron chi connectivity index (χ1n) is 6.95. The Labute approximate surface area is 134 Å². The summed E-state index contributed by atoms with van der Waals surface area (Å²) in [5.74, 6) is 0. The first kappa shape index (κ1) is 14.4. The van der Waals surface area contributed by atoms with Crippen LogP contribution < -0.4 is 0 Å². The van der Waals surface area contributed by atoms with Gasteiger partial charge in [0.25, 0.3) is 0 Å². The Bertz CT molecular complexity index is 795. The van der Waals surface area contributed by atoms with Gasteiger partial charge in [-0.3, -0.25) is 0 Å². The highest BCUT2D eigenvalue weighted by Gasteiger charge is 2.03. The summed E-state index contributed by atoms with van der Waals surface area (Å²) in [5.41, 5.74) is 3.63. The van der Waals surface area contributed by atoms with Crippen LogP contribution in [0.3, 0.4) is 0 Å². The van der Waals surface area contributed by atoms with Crippen LogP contribution in [0.2, 0.25) is 5.02 Å². The van der Waals surface area contributed by atoms with Crippen LogP contribution >= 0.6 is 11.6 Å². The molecule has 0 unspecified atom stereocenters. The highest BCUT2D eigenvalue weighted by Crippen LogP contribution is 2.20. The van der Waals surface area contributed by atoms with Crippen molar-refractivity contribution in [2.45, 2.75) is 0 Å². The molecular weight excluding hydrogens is 294 g/mol. The lowest BCUT2D eigenvalue weighted by Gasteiger charge is -2.04. The van der Waals surface area contributed by atoms with Gasteiger partial charge in [0.15, 0.2) is 6.21 Å². The lowest BCUT2D eigenvalue weighted by molar-refractivity contribution is -0.354. The molecule has 2 nitrogen and oxygen atoms in total. The fourth-order valence-corrected chi connectivity index (χ4v) is 2.40. The quantitative estimate of drug-likeness (QED) is 0.280. The maximum absolute atomic E-state index is 12.1. The largest absolute Gasteiger partial charge is 0.618 e. The normalized spacial score (nSPS) is 11.4. The number of hydrogen-bond donors (Lipinski definition) is 0. The minimum Gasteiger partial charge on any atom is -0.618 e. The zero-order valence-corrected chi connectivity index (χ0v) is 12.6. The van der Waals surface area contributed by atoms with E-state index in [4.69, 9.17) is 11.6 Å². The van der Waals surface area contributed by atoms with Gasteiger partial charge in [-0.2, -0.15) is 4.74 Å². The monoisotopic (exact) mass is 307 g/mol. The van der Waals surface area contributed by atoms with Crippen molar-refractivity contribution in [3.05, 3.63) is 94.7 Å². The van der Waals surface area contributed by atoms with E-state index in [1.165, 1.54) is 0 Å². The fourth-order valence-electron chi connectivity index (χ4n) is 2.22. The molecule has 0 aliphatic carbocycles. The van der Waals surface area contributed by atoms with Gasteiger partial charge in [0.1, 0.15) is 0 Å². The Hall–Kier alpha value is -2.58. The lowest BCUT2D eigenvalue weighted by Crippen LogP contribution is -1.98. The first-order valence-corrected chi connectivity index (χ1v) is 7.32. The molecule has 3 aromatic carbocycles. The van der Waals surface area contributed by atoms with E-state index < -0.39 is 0 Å². The molecule has 0 radical (unpaired) electrons. The topological polar surface area (TPSA) is 26.1 Å². The highest BCUT2D eigenvalue weighted by atomic mass is 35.5. The maximum Gasteiger partial charge on any atom is 0.217 e. The molecule has 0 spiro atoms. The second kappa shape index (κ2) is 6.46. The molecular formula is C19H14ClNO. The van der Waals surface area contributed by atoms with E-state index in [1.807, 2.05) is 42.5 Å². The Morgan fingerprint density at radius 2 is 1.45 bits per heavy atom. The standard InChI is InChI=1S/C19H14ClNO/c20-18-7-4-8-19(13-18)21(22)14-15-9-11-17(12-10-15)16-5-2-1-3-6-16/h1-14H. The average Bonchev–Trinajstić information content (AvgIpc) is 2.56. The number of benzene rings is 3. The molecule has 3 aromatic rings. The van der Waals surface area contributed by atoms with Crippen molar-refractivity contribution in [3.8, 4) is 11.1 Å². The Morgan fingerprint density at radius 1 is 0.773 bits per heavy atom. The van der Waals surface area contributed by atoms with Crippen molar-refractivity contribution in [1.29, 1.82) is 0 Å². The van der Waals surface area contributed by atoms with Crippen LogP contribution in [0.5, 0.6) is 0 Å². The van der Waals surface area contributed by atoms with Crippen LogP contribution in [-0.2, 0) is 0 Å². The molecule has 108 valence electrons. The van der Waals surface area contributed by atoms with Crippen LogP contribution in [0, 0.1) is 5.21 Å². The third-order valence-corrected chi connectivity index (χ3v) is 3.58. The number of rotatable bonds is 3. The van der Waals surface area contributed by atoms with Crippen molar-refractivity contribution in [3.63, 3.8) is 0 Å². The summed E-state index contributed by atoms with van der Waals surface area (Å²) in [6.45, 7) is 0. The average molecular weight is 308 g/mol. The predicted molar refractivity (Wildman–Crippen MR) is 91.8 cm³/mol. The van der Waals surface area contributed by atoms with Gasteiger partial charge in [-0.1, -0.05) is 60.1 Å². The van der Waals surface area contributed by atoms with Gasteiger partial charge < -0.3 is 5.21 Å². The molecule has 0 N–H and O–H groups in total. The maximum atomic E-state index is 12.1. The SMILES string of the molecule is [O-][N+](=Cc1ccc(-c2ccccc2)cc1)c1cccc(Cl)c1. The number of nitrogens with zero attached hydrogens (tertiary/aromatic N) is 1. The molecule has 0 atom stereocenters. The molecule has 0 aliphatic heterocycles. The Balaban J connectivity index is 1.86. The zero-order valence-electron chi connectivity index (χ0n) is 11.8. The van der Waals surface area contributed by atoms with Crippen LogP contribution in [0.1, 0.15) is 5.56 Å². The molecule has 0 fully saturated rings. The molecule has 3 heteroatoms. The fraction of sp³-hybridized carbons (Fsp3) is 0. The molecule has 0 aromatic heterocycles. The lowest BCUT2D eigenvalue weighted by atomic mass is 10.0. The van der Waals surface area contributed by atoms with Gasteiger partial charge in [0.2, 0.25) is 5.69 Å². The van der Waals surface area contributed by atoms with Gasteiger partial charge in [-0.05, 0) is 29.3 Å². The Morgan fingerprint density at radius 3 is 2.14 bits per heavy atom. The van der Waals surface area contributed by atoms with Crippen LogP contribution in [-0.4, -0.2) is 11.0 Å². The molecule has 0 bridgehead atoms. The molecule has 0 amide bonds. The van der Waals surface area contributed by atoms with Crippen molar-refractivity contribution >= 4 is 23.5 Å². The minimum atomic E-state index is 0.514. The summed E-state index contributed by atoms with van der Waals surface area (Å²) in [7, 11) is 0. The smallest absolute Gasteiger partial charge is 0.217 e. The van der Waals surface area contributed by atoms with Crippen molar-refractivity contribution in [1.82, 2.24) is 0 Å². The number of halogens is 1. The van der Waals surface area contributed by atoms with Gasteiger partial charge in [-0.15, -0.1) is 0 Å². The first-order chi connectivity index (χ1) is 10.7. The van der Waals surface area contributed by atoms with E-state index in [9.17, 15) is 5.21 Å². The van der Waals surface area contributed by atoms with Gasteiger partial charge >= 0.3 is 0 Å². The van der Waals surface area contributed by atoms with Crippen molar-refractivity contribution < 1.29 is 4.74 Å². The van der Waals surface area contributed by atoms with E-state index in [-0.39, 0.29) is 0 Å². The third-order valence-electron chi connectivity index (χ3n) is 3.35. The van der Waals surface area contributed by atoms with Crippen molar-refractivity contribution in [2.24, 2.45) is 0 Å². The molecule has 0 aliphatic rings. The van der Waals surface area contributed by atoms with E-state index in [0.29, 0.717) is 10.7 Å². The molecule has 22 heavy (non-hydrogen) atoms. The summed E-state index contributed by atoms with van der Waals surface area (Å²) in [5, 5.41) is 12.7. The summed E-state index contributed by atoms with van der Waals surface area (Å²) >= 11 is 5.90. The molecule has 0 saturated heterocycles. The zero-order chi connectivity index (χ0) is 15.4. The summed E-state index contributed by atoms with van der Waals surface area (Å²) in [6, 6.07) is 24.9. The van der Waals surface area contributed by atoms with Crippen molar-refractivity contribution in [2.75, 3.05) is 0 Å². The highest BCUT2D eigenvalue weighted by molar-refractivity contribution is 6.30. The van der Waals surface area contributed by atoms with E-state index >= 15 is 0 Å². The van der Waals surface area contributed by atoms with Gasteiger partial charge in [0, 0.05) is 22.7 Å². The van der Waals surface area contributed by atoms with Crippen LogP contribution in [0.25, 0.3) is 11.1 Å². The second-order valence-corrected chi connectivity index (χ2v) is 5.36. The van der Waals surface area contributed by atoms with Crippen LogP contribution in [0.15, 0.2) is 78.9 Å². The van der Waals surface area contributed by atoms with E-state index in [1.54, 1.807) is 30.5 Å². The summed E-state index contributed by atoms with van der Waals surface area (Å²) in [6.07, 6.45) is 1.54. The van der Waals surface area contributed by atoms with Crippen LogP contribution in [0.4, 0.5) is 5.69 Å². The Kier molecular flexibility index (Phi) is 4.22.